The molecule has 1 saturated heterocycles. The van der Waals surface area contributed by atoms with Crippen LogP contribution in [0.3, 0.4) is 0 Å². The number of allylic oxidation sites excluding steroid dienone is 5. The van der Waals surface area contributed by atoms with E-state index in [2.05, 4.69) is 55.2 Å². The molecule has 1 aliphatic carbocycles. The van der Waals surface area contributed by atoms with Gasteiger partial charge in [-0.1, -0.05) is 44.9 Å². The summed E-state index contributed by atoms with van der Waals surface area (Å²) in [6, 6.07) is 10.0. The Balaban J connectivity index is 1.76. The molecular formula is C34H40N4O3S. The number of epoxide rings is 1. The summed E-state index contributed by atoms with van der Waals surface area (Å²) < 4.78 is 16.8. The quantitative estimate of drug-likeness (QED) is 0.0859. The number of unbranched alkanes of at least 4 members (excludes halogenated alkanes) is 2. The first kappa shape index (κ1) is 32.6. The van der Waals surface area contributed by atoms with Crippen molar-refractivity contribution < 1.29 is 14.2 Å². The lowest BCUT2D eigenvalue weighted by Gasteiger charge is -2.32. The Morgan fingerprint density at radius 1 is 1.05 bits per heavy atom. The zero-order valence-corrected chi connectivity index (χ0v) is 25.9. The van der Waals surface area contributed by atoms with Crippen molar-refractivity contribution in [2.45, 2.75) is 65.0 Å². The molecule has 0 spiro atoms. The molecule has 2 aliphatic rings. The molecule has 0 N–H and O–H groups in total. The number of nitriles is 3. The molecule has 7 nitrogen and oxygen atoms in total. The summed E-state index contributed by atoms with van der Waals surface area (Å²) in [5.41, 5.74) is 1.61. The fourth-order valence-electron chi connectivity index (χ4n) is 4.52. The molecular weight excluding hydrogens is 544 g/mol. The van der Waals surface area contributed by atoms with Crippen LogP contribution in [-0.2, 0) is 14.2 Å². The van der Waals surface area contributed by atoms with E-state index in [1.54, 1.807) is 36.5 Å². The third-order valence-electron chi connectivity index (χ3n) is 7.06. The molecule has 2 heterocycles. The first-order valence-electron chi connectivity index (χ1n) is 14.5. The van der Waals surface area contributed by atoms with E-state index in [1.807, 2.05) is 12.1 Å². The van der Waals surface area contributed by atoms with E-state index in [0.717, 1.165) is 47.2 Å². The van der Waals surface area contributed by atoms with Gasteiger partial charge in [0.2, 0.25) is 0 Å². The van der Waals surface area contributed by atoms with Gasteiger partial charge in [0.25, 0.3) is 0 Å². The summed E-state index contributed by atoms with van der Waals surface area (Å²) >= 11 is 1.62. The minimum Gasteiger partial charge on any atom is -0.493 e. The molecule has 0 aromatic carbocycles. The van der Waals surface area contributed by atoms with Gasteiger partial charge in [-0.2, -0.15) is 15.8 Å². The van der Waals surface area contributed by atoms with E-state index >= 15 is 0 Å². The van der Waals surface area contributed by atoms with Gasteiger partial charge in [-0.3, -0.25) is 4.90 Å². The smallest absolute Gasteiger partial charge is 0.172 e. The molecule has 0 saturated carbocycles. The van der Waals surface area contributed by atoms with Crippen molar-refractivity contribution in [3.8, 4) is 18.2 Å². The first-order valence-corrected chi connectivity index (χ1v) is 15.4. The highest BCUT2D eigenvalue weighted by Crippen LogP contribution is 2.28. The Bertz CT molecular complexity index is 1360. The van der Waals surface area contributed by atoms with Crippen LogP contribution < -0.4 is 0 Å². The van der Waals surface area contributed by atoms with Gasteiger partial charge in [-0.25, -0.2) is 0 Å². The van der Waals surface area contributed by atoms with Crippen LogP contribution in [0.15, 0.2) is 70.2 Å². The fourth-order valence-corrected chi connectivity index (χ4v) is 5.34. The van der Waals surface area contributed by atoms with Gasteiger partial charge in [0.15, 0.2) is 11.3 Å². The van der Waals surface area contributed by atoms with E-state index < -0.39 is 0 Å². The Labute approximate surface area is 254 Å². The zero-order valence-electron chi connectivity index (χ0n) is 25.1. The minimum absolute atomic E-state index is 0.0133. The highest BCUT2D eigenvalue weighted by atomic mass is 32.1. The van der Waals surface area contributed by atoms with Crippen molar-refractivity contribution in [1.82, 2.24) is 4.90 Å². The van der Waals surface area contributed by atoms with Crippen molar-refractivity contribution in [3.05, 3.63) is 80.0 Å². The maximum atomic E-state index is 9.64. The fraction of sp³-hybridized carbons (Fsp3) is 0.441. The normalized spacial score (nSPS) is 18.5. The minimum atomic E-state index is -0.231. The lowest BCUT2D eigenvalue weighted by molar-refractivity contribution is 0.175. The monoisotopic (exact) mass is 584 g/mol. The first-order chi connectivity index (χ1) is 20.5. The molecule has 0 bridgehead atoms. The van der Waals surface area contributed by atoms with Crippen LogP contribution in [0.1, 0.15) is 62.6 Å². The van der Waals surface area contributed by atoms with Crippen LogP contribution >= 0.6 is 11.3 Å². The van der Waals surface area contributed by atoms with Crippen LogP contribution in [0.5, 0.6) is 0 Å². The molecule has 220 valence electrons. The number of nitrogens with zero attached hydrogens (tertiary/aromatic N) is 4. The predicted octanol–water partition coefficient (Wildman–Crippen LogP) is 7.46. The third kappa shape index (κ3) is 9.61. The van der Waals surface area contributed by atoms with E-state index in [1.165, 1.54) is 32.8 Å². The molecule has 0 radical (unpaired) electrons. The van der Waals surface area contributed by atoms with Crippen molar-refractivity contribution in [2.75, 3.05) is 33.4 Å². The second-order valence-corrected chi connectivity index (χ2v) is 11.4. The molecule has 42 heavy (non-hydrogen) atoms. The van der Waals surface area contributed by atoms with Crippen LogP contribution in [0.25, 0.3) is 12.2 Å². The Hall–Kier alpha value is -3.87. The van der Waals surface area contributed by atoms with E-state index in [4.69, 9.17) is 14.2 Å². The number of thiophene rings is 1. The van der Waals surface area contributed by atoms with Crippen molar-refractivity contribution >= 4 is 23.5 Å². The zero-order chi connectivity index (χ0) is 30.3. The molecule has 8 heteroatoms. The average Bonchev–Trinajstić information content (AvgIpc) is 3.74. The van der Waals surface area contributed by atoms with E-state index in [9.17, 15) is 15.8 Å². The number of ether oxygens (including phenoxy) is 3. The second-order valence-electron chi connectivity index (χ2n) is 10.2. The molecule has 2 unspecified atom stereocenters. The lowest BCUT2D eigenvalue weighted by atomic mass is 9.98. The highest BCUT2D eigenvalue weighted by molar-refractivity contribution is 7.13. The van der Waals surface area contributed by atoms with Crippen molar-refractivity contribution in [3.63, 3.8) is 0 Å². The van der Waals surface area contributed by atoms with Crippen LogP contribution in [-0.4, -0.2) is 50.5 Å². The summed E-state index contributed by atoms with van der Waals surface area (Å²) in [6.45, 7) is 9.78. The largest absolute Gasteiger partial charge is 0.493 e. The van der Waals surface area contributed by atoms with Crippen LogP contribution in [0, 0.1) is 34.0 Å². The summed E-state index contributed by atoms with van der Waals surface area (Å²) in [5.74, 6) is 0.911. The number of rotatable bonds is 16. The Kier molecular flexibility index (Phi) is 13.3. The maximum Gasteiger partial charge on any atom is 0.172 e. The molecule has 1 aromatic heterocycles. The van der Waals surface area contributed by atoms with Crippen molar-refractivity contribution in [1.29, 1.82) is 15.8 Å². The Morgan fingerprint density at radius 2 is 1.71 bits per heavy atom. The van der Waals surface area contributed by atoms with Gasteiger partial charge in [0.1, 0.15) is 36.7 Å². The van der Waals surface area contributed by atoms with Gasteiger partial charge in [0, 0.05) is 21.4 Å². The standard InChI is InChI=1S/C34H40N4O3S/c1-5-7-17-38(18-8-6-2)28-12-10-26(33(19-28)41-24-29-23-40-29)11-14-31-16-15-30(42-31)13-9-25(3)32(22-37)34(39-4)27(20-35)21-36/h9-11,13-16,19,28-29H,5-8,12,17-18,23-24H2,1-4H3/b13-9+,14-11+,32-25+. The summed E-state index contributed by atoms with van der Waals surface area (Å²) in [7, 11) is 1.35. The van der Waals surface area contributed by atoms with Crippen molar-refractivity contribution in [2.24, 2.45) is 0 Å². The molecule has 2 atom stereocenters. The number of hydrogen-bond donors (Lipinski definition) is 0. The summed E-state index contributed by atoms with van der Waals surface area (Å²) in [5, 5.41) is 28.0. The number of hydrogen-bond acceptors (Lipinski definition) is 8. The summed E-state index contributed by atoms with van der Waals surface area (Å²) in [6.07, 6.45) is 18.4. The van der Waals surface area contributed by atoms with E-state index in [-0.39, 0.29) is 23.0 Å². The van der Waals surface area contributed by atoms with Gasteiger partial charge >= 0.3 is 0 Å². The van der Waals surface area contributed by atoms with Gasteiger partial charge in [-0.15, -0.1) is 11.3 Å². The molecule has 3 rings (SSSR count). The Morgan fingerprint density at radius 3 is 2.29 bits per heavy atom. The molecule has 1 aliphatic heterocycles. The molecule has 1 aromatic rings. The maximum absolute atomic E-state index is 9.64. The third-order valence-corrected chi connectivity index (χ3v) is 8.08. The summed E-state index contributed by atoms with van der Waals surface area (Å²) in [4.78, 5) is 4.69. The van der Waals surface area contributed by atoms with Crippen LogP contribution in [0.4, 0.5) is 0 Å². The second kappa shape index (κ2) is 17.2. The SMILES string of the molecule is CCCCN(CCCC)C1C=C(OCC2CO2)C(/C=C/c2ccc(/C=C/C(C)=C(\C#N)C(OC)=C(C#N)C#N)s2)=CC1. The predicted molar refractivity (Wildman–Crippen MR) is 168 cm³/mol. The average molecular weight is 585 g/mol. The van der Waals surface area contributed by atoms with Gasteiger partial charge in [0.05, 0.1) is 19.3 Å². The molecule has 1 fully saturated rings. The highest BCUT2D eigenvalue weighted by Gasteiger charge is 2.26. The van der Waals surface area contributed by atoms with Gasteiger partial charge in [-0.05, 0) is 75.2 Å². The molecule has 0 amide bonds. The van der Waals surface area contributed by atoms with Gasteiger partial charge < -0.3 is 14.2 Å². The van der Waals surface area contributed by atoms with E-state index in [0.29, 0.717) is 18.2 Å². The number of methoxy groups -OCH3 is 1. The lowest BCUT2D eigenvalue weighted by Crippen LogP contribution is -2.36. The topological polar surface area (TPSA) is 106 Å². The van der Waals surface area contributed by atoms with Crippen LogP contribution in [0.2, 0.25) is 0 Å².